The molecule has 1 aliphatic heterocycles. The Bertz CT molecular complexity index is 2810. The van der Waals surface area contributed by atoms with Gasteiger partial charge in [-0.1, -0.05) is 127 Å². The van der Waals surface area contributed by atoms with Gasteiger partial charge in [0.05, 0.1) is 0 Å². The number of rotatable bonds is 4. The zero-order chi connectivity index (χ0) is 32.3. The first-order valence-corrected chi connectivity index (χ1v) is 16.6. The van der Waals surface area contributed by atoms with E-state index in [0.717, 1.165) is 66.4 Å². The van der Waals surface area contributed by atoms with E-state index in [0.29, 0.717) is 5.84 Å². The minimum atomic E-state index is -0.364. The van der Waals surface area contributed by atoms with Crippen molar-refractivity contribution in [1.29, 1.82) is 0 Å². The van der Waals surface area contributed by atoms with Crippen LogP contribution in [-0.4, -0.2) is 11.7 Å². The normalized spacial score (nSPS) is 14.7. The Morgan fingerprint density at radius 2 is 1.12 bits per heavy atom. The van der Waals surface area contributed by atoms with E-state index in [1.165, 1.54) is 21.5 Å². The Balaban J connectivity index is 1.25. The van der Waals surface area contributed by atoms with Gasteiger partial charge < -0.3 is 9.73 Å². The standard InChI is InChI=1S/C45H29N3O/c1-2-12-30(13-3-1)37-22-23-39-41(38-26-33-16-8-9-17-34(33)27-40(38)49-39)42(37)45-47-43(35-20-18-28-10-4-6-14-31(28)24-35)46-44(48-45)36-21-19-29-11-5-7-15-32(29)25-36/h1-27,43H,(H,46,47,48). The number of hydrogen-bond donors (Lipinski definition) is 1. The third-order valence-corrected chi connectivity index (χ3v) is 9.67. The number of nitrogens with zero attached hydrogens (tertiary/aromatic N) is 2. The molecule has 8 aromatic carbocycles. The summed E-state index contributed by atoms with van der Waals surface area (Å²) < 4.78 is 6.59. The molecule has 0 saturated carbocycles. The van der Waals surface area contributed by atoms with Gasteiger partial charge in [0.2, 0.25) is 0 Å². The second-order valence-electron chi connectivity index (χ2n) is 12.7. The summed E-state index contributed by atoms with van der Waals surface area (Å²) in [6.07, 6.45) is -0.364. The quantitative estimate of drug-likeness (QED) is 0.211. The van der Waals surface area contributed by atoms with Crippen LogP contribution in [0.5, 0.6) is 0 Å². The van der Waals surface area contributed by atoms with Crippen molar-refractivity contribution in [3.8, 4) is 11.1 Å². The van der Waals surface area contributed by atoms with Crippen LogP contribution in [0.2, 0.25) is 0 Å². The van der Waals surface area contributed by atoms with Crippen molar-refractivity contribution in [2.75, 3.05) is 0 Å². The molecule has 0 amide bonds. The maximum Gasteiger partial charge on any atom is 0.159 e. The number of fused-ring (bicyclic) bond motifs is 6. The van der Waals surface area contributed by atoms with Crippen molar-refractivity contribution in [2.45, 2.75) is 6.17 Å². The molecular weight excluding hydrogens is 599 g/mol. The number of benzene rings is 8. The van der Waals surface area contributed by atoms with Crippen molar-refractivity contribution in [2.24, 2.45) is 9.98 Å². The predicted molar refractivity (Wildman–Crippen MR) is 204 cm³/mol. The molecule has 4 heteroatoms. The van der Waals surface area contributed by atoms with E-state index in [4.69, 9.17) is 14.4 Å². The molecule has 0 radical (unpaired) electrons. The van der Waals surface area contributed by atoms with E-state index in [2.05, 4.69) is 169 Å². The van der Waals surface area contributed by atoms with E-state index in [1.54, 1.807) is 0 Å². The number of amidine groups is 2. The minimum absolute atomic E-state index is 0.364. The highest BCUT2D eigenvalue weighted by Crippen LogP contribution is 2.40. The molecule has 0 aliphatic carbocycles. The van der Waals surface area contributed by atoms with E-state index in [9.17, 15) is 0 Å². The molecule has 1 N–H and O–H groups in total. The lowest BCUT2D eigenvalue weighted by molar-refractivity contribution is 0.668. The van der Waals surface area contributed by atoms with E-state index in [-0.39, 0.29) is 6.17 Å². The highest BCUT2D eigenvalue weighted by atomic mass is 16.3. The van der Waals surface area contributed by atoms with Crippen LogP contribution in [0, 0.1) is 0 Å². The predicted octanol–water partition coefficient (Wildman–Crippen LogP) is 11.2. The second kappa shape index (κ2) is 11.0. The molecule has 1 unspecified atom stereocenters. The molecule has 0 bridgehead atoms. The van der Waals surface area contributed by atoms with E-state index < -0.39 is 0 Å². The van der Waals surface area contributed by atoms with Crippen LogP contribution < -0.4 is 5.32 Å². The molecule has 2 heterocycles. The zero-order valence-electron chi connectivity index (χ0n) is 26.5. The Kier molecular flexibility index (Phi) is 6.21. The Morgan fingerprint density at radius 1 is 0.490 bits per heavy atom. The van der Waals surface area contributed by atoms with Crippen LogP contribution in [0.1, 0.15) is 22.9 Å². The highest BCUT2D eigenvalue weighted by molar-refractivity contribution is 6.25. The summed E-state index contributed by atoms with van der Waals surface area (Å²) in [6.45, 7) is 0. The molecular formula is C45H29N3O. The fourth-order valence-electron chi connectivity index (χ4n) is 7.24. The van der Waals surface area contributed by atoms with Crippen molar-refractivity contribution in [3.05, 3.63) is 180 Å². The fourth-order valence-corrected chi connectivity index (χ4v) is 7.24. The third-order valence-electron chi connectivity index (χ3n) is 9.67. The molecule has 1 atom stereocenters. The second-order valence-corrected chi connectivity index (χ2v) is 12.7. The summed E-state index contributed by atoms with van der Waals surface area (Å²) in [5.74, 6) is 1.45. The Morgan fingerprint density at radius 3 is 1.88 bits per heavy atom. The van der Waals surface area contributed by atoms with Gasteiger partial charge in [0.25, 0.3) is 0 Å². The summed E-state index contributed by atoms with van der Waals surface area (Å²) in [7, 11) is 0. The van der Waals surface area contributed by atoms with Crippen molar-refractivity contribution < 1.29 is 4.42 Å². The molecule has 49 heavy (non-hydrogen) atoms. The van der Waals surface area contributed by atoms with Gasteiger partial charge in [-0.25, -0.2) is 9.98 Å². The topological polar surface area (TPSA) is 49.9 Å². The maximum absolute atomic E-state index is 6.59. The lowest BCUT2D eigenvalue weighted by Crippen LogP contribution is -2.34. The average molecular weight is 628 g/mol. The first kappa shape index (κ1) is 27.6. The molecule has 4 nitrogen and oxygen atoms in total. The summed E-state index contributed by atoms with van der Waals surface area (Å²) in [4.78, 5) is 10.6. The van der Waals surface area contributed by atoms with Crippen LogP contribution in [-0.2, 0) is 0 Å². The van der Waals surface area contributed by atoms with Gasteiger partial charge in [-0.05, 0) is 85.4 Å². The SMILES string of the molecule is c1ccc(-c2ccc3oc4cc5ccccc5cc4c3c2C2=NC(c3ccc4ccccc4c3)=NC(c3ccc4ccccc4c3)N2)cc1. The highest BCUT2D eigenvalue weighted by Gasteiger charge is 2.27. The molecule has 1 aromatic heterocycles. The molecule has 9 aromatic rings. The van der Waals surface area contributed by atoms with Gasteiger partial charge >= 0.3 is 0 Å². The average Bonchev–Trinajstić information content (AvgIpc) is 3.53. The van der Waals surface area contributed by atoms with Gasteiger partial charge in [-0.15, -0.1) is 0 Å². The van der Waals surface area contributed by atoms with Gasteiger partial charge in [-0.2, -0.15) is 0 Å². The zero-order valence-corrected chi connectivity index (χ0v) is 26.5. The lowest BCUT2D eigenvalue weighted by atomic mass is 9.93. The largest absolute Gasteiger partial charge is 0.456 e. The van der Waals surface area contributed by atoms with Gasteiger partial charge in [-0.3, -0.25) is 0 Å². The smallest absolute Gasteiger partial charge is 0.159 e. The number of nitrogens with one attached hydrogen (secondary N) is 1. The summed E-state index contributed by atoms with van der Waals surface area (Å²) in [5.41, 5.74) is 6.90. The van der Waals surface area contributed by atoms with Crippen LogP contribution >= 0.6 is 0 Å². The molecule has 0 spiro atoms. The van der Waals surface area contributed by atoms with Crippen LogP contribution in [0.3, 0.4) is 0 Å². The van der Waals surface area contributed by atoms with Gasteiger partial charge in [0.15, 0.2) is 5.84 Å². The Hall–Kier alpha value is -6.52. The molecule has 1 aliphatic rings. The van der Waals surface area contributed by atoms with Gasteiger partial charge in [0.1, 0.15) is 23.2 Å². The van der Waals surface area contributed by atoms with Crippen LogP contribution in [0.4, 0.5) is 0 Å². The number of aliphatic imine (C=N–C) groups is 2. The first-order valence-electron chi connectivity index (χ1n) is 16.6. The third kappa shape index (κ3) is 4.68. The van der Waals surface area contributed by atoms with Crippen LogP contribution in [0.15, 0.2) is 178 Å². The molecule has 10 rings (SSSR count). The number of hydrogen-bond acceptors (Lipinski definition) is 4. The summed E-state index contributed by atoms with van der Waals surface area (Å²) in [6, 6.07) is 57.5. The van der Waals surface area contributed by atoms with Gasteiger partial charge in [0, 0.05) is 21.9 Å². The molecule has 0 fully saturated rings. The van der Waals surface area contributed by atoms with Crippen molar-refractivity contribution in [3.63, 3.8) is 0 Å². The lowest BCUT2D eigenvalue weighted by Gasteiger charge is -2.25. The first-order chi connectivity index (χ1) is 24.2. The monoisotopic (exact) mass is 627 g/mol. The fraction of sp³-hybridized carbons (Fsp3) is 0.0222. The maximum atomic E-state index is 6.59. The summed E-state index contributed by atoms with van der Waals surface area (Å²) >= 11 is 0. The van der Waals surface area contributed by atoms with E-state index in [1.807, 2.05) is 0 Å². The van der Waals surface area contributed by atoms with Crippen LogP contribution in [0.25, 0.3) is 65.4 Å². The number of furan rings is 1. The molecule has 0 saturated heterocycles. The van der Waals surface area contributed by atoms with Crippen molar-refractivity contribution >= 4 is 65.9 Å². The van der Waals surface area contributed by atoms with E-state index >= 15 is 0 Å². The molecule has 230 valence electrons. The minimum Gasteiger partial charge on any atom is -0.456 e. The van der Waals surface area contributed by atoms with Crippen molar-refractivity contribution in [1.82, 2.24) is 5.32 Å². The Labute approximate surface area is 282 Å². The summed E-state index contributed by atoms with van der Waals surface area (Å²) in [5, 5.41) is 12.9.